The zero-order valence-electron chi connectivity index (χ0n) is 12.0. The summed E-state index contributed by atoms with van der Waals surface area (Å²) in [7, 11) is 1.74. The Kier molecular flexibility index (Phi) is 4.51. The smallest absolute Gasteiger partial charge is 0.142 e. The first kappa shape index (κ1) is 14.2. The molecule has 4 heteroatoms. The fraction of sp³-hybridized carbons (Fsp3) is 0.625. The third-order valence-electron chi connectivity index (χ3n) is 4.69. The van der Waals surface area contributed by atoms with Gasteiger partial charge in [0.15, 0.2) is 0 Å². The van der Waals surface area contributed by atoms with Gasteiger partial charge in [0.2, 0.25) is 0 Å². The number of ether oxygens (including phenoxy) is 1. The first-order chi connectivity index (χ1) is 9.78. The van der Waals surface area contributed by atoms with Crippen LogP contribution in [-0.4, -0.2) is 25.7 Å². The maximum absolute atomic E-state index is 5.47. The van der Waals surface area contributed by atoms with Crippen molar-refractivity contribution in [1.29, 1.82) is 0 Å². The molecule has 1 aromatic rings. The number of anilines is 1. The zero-order chi connectivity index (χ0) is 13.9. The number of benzene rings is 1. The van der Waals surface area contributed by atoms with Crippen LogP contribution < -0.4 is 15.4 Å². The van der Waals surface area contributed by atoms with Crippen LogP contribution in [0.5, 0.6) is 5.75 Å². The summed E-state index contributed by atoms with van der Waals surface area (Å²) in [5, 5.41) is 7.41. The fourth-order valence-corrected chi connectivity index (χ4v) is 4.08. The number of methoxy groups -OCH3 is 1. The second-order valence-corrected chi connectivity index (χ2v) is 6.81. The Balaban J connectivity index is 1.74. The number of rotatable bonds is 4. The van der Waals surface area contributed by atoms with E-state index in [4.69, 9.17) is 4.74 Å². The first-order valence-electron chi connectivity index (χ1n) is 7.61. The molecule has 2 fully saturated rings. The van der Waals surface area contributed by atoms with Gasteiger partial charge < -0.3 is 15.4 Å². The lowest BCUT2D eigenvalue weighted by Crippen LogP contribution is -2.38. The Hall–Kier alpha value is -0.740. The largest absolute Gasteiger partial charge is 0.495 e. The first-order valence-corrected chi connectivity index (χ1v) is 8.40. The molecule has 1 aromatic carbocycles. The monoisotopic (exact) mass is 338 g/mol. The predicted octanol–water partition coefficient (Wildman–Crippen LogP) is 3.79. The van der Waals surface area contributed by atoms with Gasteiger partial charge in [0.25, 0.3) is 0 Å². The van der Waals surface area contributed by atoms with E-state index in [2.05, 4.69) is 32.6 Å². The van der Waals surface area contributed by atoms with Crippen molar-refractivity contribution in [1.82, 2.24) is 5.32 Å². The SMILES string of the molecule is COc1ccc(Br)cc1NC1CCCC1C1CCCN1. The molecular formula is C16H23BrN2O. The molecule has 0 amide bonds. The Morgan fingerprint density at radius 3 is 2.90 bits per heavy atom. The molecule has 3 atom stereocenters. The van der Waals surface area contributed by atoms with Crippen molar-refractivity contribution in [2.45, 2.75) is 44.2 Å². The highest BCUT2D eigenvalue weighted by Gasteiger charge is 2.35. The van der Waals surface area contributed by atoms with E-state index in [1.807, 2.05) is 12.1 Å². The van der Waals surface area contributed by atoms with Crippen LogP contribution in [0.2, 0.25) is 0 Å². The molecule has 1 saturated carbocycles. The van der Waals surface area contributed by atoms with Crippen LogP contribution >= 0.6 is 15.9 Å². The molecule has 1 heterocycles. The second-order valence-electron chi connectivity index (χ2n) is 5.89. The molecule has 1 aliphatic carbocycles. The van der Waals surface area contributed by atoms with Crippen LogP contribution in [-0.2, 0) is 0 Å². The minimum absolute atomic E-state index is 0.564. The van der Waals surface area contributed by atoms with E-state index in [-0.39, 0.29) is 0 Å². The van der Waals surface area contributed by atoms with Crippen molar-refractivity contribution >= 4 is 21.6 Å². The van der Waals surface area contributed by atoms with Gasteiger partial charge in [-0.3, -0.25) is 0 Å². The average Bonchev–Trinajstić information content (AvgIpc) is 3.09. The maximum atomic E-state index is 5.47. The van der Waals surface area contributed by atoms with Crippen LogP contribution in [0.1, 0.15) is 32.1 Å². The van der Waals surface area contributed by atoms with Crippen LogP contribution in [0.15, 0.2) is 22.7 Å². The minimum atomic E-state index is 0.564. The molecule has 0 bridgehead atoms. The standard InChI is InChI=1S/C16H23BrN2O/c1-20-16-8-7-11(17)10-15(16)19-14-5-2-4-12(14)13-6-3-9-18-13/h7-8,10,12-14,18-19H,2-6,9H2,1H3. The summed E-state index contributed by atoms with van der Waals surface area (Å²) in [5.74, 6) is 1.68. The van der Waals surface area contributed by atoms with Crippen molar-refractivity contribution < 1.29 is 4.74 Å². The molecule has 3 rings (SSSR count). The molecule has 3 nitrogen and oxygen atoms in total. The van der Waals surface area contributed by atoms with Gasteiger partial charge in [0, 0.05) is 16.6 Å². The molecule has 0 aromatic heterocycles. The second kappa shape index (κ2) is 6.35. The van der Waals surface area contributed by atoms with E-state index < -0.39 is 0 Å². The maximum Gasteiger partial charge on any atom is 0.142 e. The van der Waals surface area contributed by atoms with Gasteiger partial charge in [-0.25, -0.2) is 0 Å². The van der Waals surface area contributed by atoms with E-state index in [1.54, 1.807) is 7.11 Å². The molecule has 2 N–H and O–H groups in total. The van der Waals surface area contributed by atoms with Gasteiger partial charge in [-0.2, -0.15) is 0 Å². The number of hydrogen-bond donors (Lipinski definition) is 2. The fourth-order valence-electron chi connectivity index (χ4n) is 3.72. The van der Waals surface area contributed by atoms with Crippen molar-refractivity contribution in [2.24, 2.45) is 5.92 Å². The van der Waals surface area contributed by atoms with Crippen LogP contribution in [0.3, 0.4) is 0 Å². The molecule has 1 aliphatic heterocycles. The number of nitrogens with one attached hydrogen (secondary N) is 2. The Bertz CT molecular complexity index is 460. The van der Waals surface area contributed by atoms with Gasteiger partial charge in [-0.15, -0.1) is 0 Å². The van der Waals surface area contributed by atoms with Crippen molar-refractivity contribution in [2.75, 3.05) is 19.0 Å². The van der Waals surface area contributed by atoms with Crippen LogP contribution in [0.4, 0.5) is 5.69 Å². The van der Waals surface area contributed by atoms with E-state index >= 15 is 0 Å². The van der Waals surface area contributed by atoms with E-state index in [1.165, 1.54) is 38.6 Å². The van der Waals surface area contributed by atoms with Gasteiger partial charge >= 0.3 is 0 Å². The number of hydrogen-bond acceptors (Lipinski definition) is 3. The molecule has 110 valence electrons. The quantitative estimate of drug-likeness (QED) is 0.876. The summed E-state index contributed by atoms with van der Waals surface area (Å²) >= 11 is 3.55. The zero-order valence-corrected chi connectivity index (χ0v) is 13.6. The molecule has 1 saturated heterocycles. The average molecular weight is 339 g/mol. The highest BCUT2D eigenvalue weighted by atomic mass is 79.9. The van der Waals surface area contributed by atoms with Crippen LogP contribution in [0, 0.1) is 5.92 Å². The lowest BCUT2D eigenvalue weighted by Gasteiger charge is -2.28. The normalized spacial score (nSPS) is 29.6. The van der Waals surface area contributed by atoms with Gasteiger partial charge in [0.1, 0.15) is 5.75 Å². The summed E-state index contributed by atoms with van der Waals surface area (Å²) < 4.78 is 6.56. The molecule has 20 heavy (non-hydrogen) atoms. The summed E-state index contributed by atoms with van der Waals surface area (Å²) in [6.07, 6.45) is 6.59. The van der Waals surface area contributed by atoms with Crippen molar-refractivity contribution in [3.8, 4) is 5.75 Å². The van der Waals surface area contributed by atoms with E-state index in [0.29, 0.717) is 12.1 Å². The summed E-state index contributed by atoms with van der Waals surface area (Å²) in [5.41, 5.74) is 1.11. The van der Waals surface area contributed by atoms with E-state index in [0.717, 1.165) is 21.8 Å². The van der Waals surface area contributed by atoms with Gasteiger partial charge in [0.05, 0.1) is 12.8 Å². The highest BCUT2D eigenvalue weighted by molar-refractivity contribution is 9.10. The lowest BCUT2D eigenvalue weighted by molar-refractivity contribution is 0.373. The Morgan fingerprint density at radius 2 is 2.15 bits per heavy atom. The third-order valence-corrected chi connectivity index (χ3v) is 5.18. The Morgan fingerprint density at radius 1 is 1.25 bits per heavy atom. The molecular weight excluding hydrogens is 316 g/mol. The lowest BCUT2D eigenvalue weighted by atomic mass is 9.93. The minimum Gasteiger partial charge on any atom is -0.495 e. The highest BCUT2D eigenvalue weighted by Crippen LogP contribution is 2.36. The van der Waals surface area contributed by atoms with Gasteiger partial charge in [-0.1, -0.05) is 22.4 Å². The third kappa shape index (κ3) is 2.96. The molecule has 0 radical (unpaired) electrons. The van der Waals surface area contributed by atoms with Crippen molar-refractivity contribution in [3.05, 3.63) is 22.7 Å². The topological polar surface area (TPSA) is 33.3 Å². The number of halogens is 1. The molecule has 2 aliphatic rings. The van der Waals surface area contributed by atoms with Crippen molar-refractivity contribution in [3.63, 3.8) is 0 Å². The predicted molar refractivity (Wildman–Crippen MR) is 86.5 cm³/mol. The molecule has 0 spiro atoms. The van der Waals surface area contributed by atoms with Gasteiger partial charge in [-0.05, 0) is 56.3 Å². The van der Waals surface area contributed by atoms with Crippen LogP contribution in [0.25, 0.3) is 0 Å². The summed E-state index contributed by atoms with van der Waals surface area (Å²) in [4.78, 5) is 0. The summed E-state index contributed by atoms with van der Waals surface area (Å²) in [6.45, 7) is 1.19. The Labute approximate surface area is 129 Å². The molecule has 3 unspecified atom stereocenters. The summed E-state index contributed by atoms with van der Waals surface area (Å²) in [6, 6.07) is 7.43. The van der Waals surface area contributed by atoms with E-state index in [9.17, 15) is 0 Å².